The molecular formula is C12H17NO3. The Labute approximate surface area is 95.5 Å². The van der Waals surface area contributed by atoms with E-state index >= 15 is 0 Å². The van der Waals surface area contributed by atoms with Crippen molar-refractivity contribution < 1.29 is 14.6 Å². The lowest BCUT2D eigenvalue weighted by atomic mass is 10.2. The second kappa shape index (κ2) is 6.12. The number of ether oxygens (including phenoxy) is 1. The van der Waals surface area contributed by atoms with E-state index in [1.54, 1.807) is 12.1 Å². The van der Waals surface area contributed by atoms with Crippen molar-refractivity contribution in [1.29, 1.82) is 0 Å². The van der Waals surface area contributed by atoms with Crippen LogP contribution >= 0.6 is 0 Å². The van der Waals surface area contributed by atoms with Crippen LogP contribution in [0.4, 0.5) is 0 Å². The summed E-state index contributed by atoms with van der Waals surface area (Å²) >= 11 is 0. The van der Waals surface area contributed by atoms with Crippen LogP contribution in [0.15, 0.2) is 24.3 Å². The first-order valence-electron chi connectivity index (χ1n) is 5.15. The van der Waals surface area contributed by atoms with E-state index in [1.165, 1.54) is 7.11 Å². The van der Waals surface area contributed by atoms with E-state index in [9.17, 15) is 4.79 Å². The number of methoxy groups -OCH3 is 1. The van der Waals surface area contributed by atoms with Gasteiger partial charge >= 0.3 is 5.97 Å². The summed E-state index contributed by atoms with van der Waals surface area (Å²) in [5.41, 5.74) is 1.10. The van der Waals surface area contributed by atoms with Gasteiger partial charge in [0.1, 0.15) is 5.75 Å². The smallest absolute Gasteiger partial charge is 0.306 e. The number of carbonyl (C=O) groups excluding carboxylic acids is 1. The Morgan fingerprint density at radius 3 is 2.56 bits per heavy atom. The van der Waals surface area contributed by atoms with Gasteiger partial charge in [-0.2, -0.15) is 0 Å². The third-order valence-corrected chi connectivity index (χ3v) is 2.31. The molecule has 0 saturated carbocycles. The van der Waals surface area contributed by atoms with Gasteiger partial charge in [0.2, 0.25) is 0 Å². The molecule has 0 aliphatic rings. The van der Waals surface area contributed by atoms with Crippen LogP contribution in [0.2, 0.25) is 0 Å². The molecule has 0 radical (unpaired) electrons. The van der Waals surface area contributed by atoms with Crippen molar-refractivity contribution in [3.8, 4) is 5.75 Å². The Bertz CT molecular complexity index is 335. The highest BCUT2D eigenvalue weighted by molar-refractivity contribution is 5.69. The van der Waals surface area contributed by atoms with E-state index in [4.69, 9.17) is 5.11 Å². The van der Waals surface area contributed by atoms with Gasteiger partial charge in [-0.3, -0.25) is 4.79 Å². The number of phenolic OH excluding ortho intramolecular Hbond substituents is 1. The number of carbonyl (C=O) groups is 1. The van der Waals surface area contributed by atoms with E-state index in [1.807, 2.05) is 24.1 Å². The van der Waals surface area contributed by atoms with Crippen LogP contribution in [0.1, 0.15) is 12.0 Å². The van der Waals surface area contributed by atoms with Crippen molar-refractivity contribution in [3.63, 3.8) is 0 Å². The van der Waals surface area contributed by atoms with Gasteiger partial charge in [0.15, 0.2) is 0 Å². The number of benzene rings is 1. The summed E-state index contributed by atoms with van der Waals surface area (Å²) < 4.78 is 4.57. The Balaban J connectivity index is 2.36. The SMILES string of the molecule is COC(=O)CCN(C)Cc1ccc(O)cc1. The van der Waals surface area contributed by atoms with Gasteiger partial charge in [0.25, 0.3) is 0 Å². The van der Waals surface area contributed by atoms with Gasteiger partial charge in [-0.15, -0.1) is 0 Å². The third-order valence-electron chi connectivity index (χ3n) is 2.31. The molecular weight excluding hydrogens is 206 g/mol. The average molecular weight is 223 g/mol. The van der Waals surface area contributed by atoms with Gasteiger partial charge in [-0.25, -0.2) is 0 Å². The summed E-state index contributed by atoms with van der Waals surface area (Å²) in [6, 6.07) is 7.04. The first-order chi connectivity index (χ1) is 7.61. The van der Waals surface area contributed by atoms with Crippen LogP contribution in [0.5, 0.6) is 5.75 Å². The Morgan fingerprint density at radius 2 is 2.00 bits per heavy atom. The molecule has 0 fully saturated rings. The topological polar surface area (TPSA) is 49.8 Å². The molecule has 0 amide bonds. The number of nitrogens with zero attached hydrogens (tertiary/aromatic N) is 1. The molecule has 0 unspecified atom stereocenters. The van der Waals surface area contributed by atoms with Gasteiger partial charge in [-0.1, -0.05) is 12.1 Å². The van der Waals surface area contributed by atoms with Crippen LogP contribution in [0, 0.1) is 0 Å². The maximum atomic E-state index is 10.9. The van der Waals surface area contributed by atoms with Crippen molar-refractivity contribution in [2.24, 2.45) is 0 Å². The number of esters is 1. The zero-order chi connectivity index (χ0) is 12.0. The molecule has 0 spiro atoms. The molecule has 0 bridgehead atoms. The van der Waals surface area contributed by atoms with Crippen molar-refractivity contribution in [1.82, 2.24) is 4.90 Å². The summed E-state index contributed by atoms with van der Waals surface area (Å²) in [5.74, 6) is 0.0681. The Kier molecular flexibility index (Phi) is 4.79. The van der Waals surface area contributed by atoms with Crippen LogP contribution in [0.25, 0.3) is 0 Å². The molecule has 0 atom stereocenters. The lowest BCUT2D eigenvalue weighted by Crippen LogP contribution is -2.21. The fourth-order valence-corrected chi connectivity index (χ4v) is 1.38. The fourth-order valence-electron chi connectivity index (χ4n) is 1.38. The molecule has 1 aromatic carbocycles. The quantitative estimate of drug-likeness (QED) is 0.766. The molecule has 0 aromatic heterocycles. The minimum absolute atomic E-state index is 0.197. The number of hydrogen-bond donors (Lipinski definition) is 1. The molecule has 1 rings (SSSR count). The average Bonchev–Trinajstić information content (AvgIpc) is 2.29. The molecule has 1 aromatic rings. The minimum Gasteiger partial charge on any atom is -0.508 e. The monoisotopic (exact) mass is 223 g/mol. The molecule has 4 nitrogen and oxygen atoms in total. The highest BCUT2D eigenvalue weighted by atomic mass is 16.5. The summed E-state index contributed by atoms with van der Waals surface area (Å²) in [5, 5.41) is 9.12. The Morgan fingerprint density at radius 1 is 1.38 bits per heavy atom. The molecule has 0 aliphatic carbocycles. The van der Waals surface area contributed by atoms with Crippen LogP contribution < -0.4 is 0 Å². The maximum Gasteiger partial charge on any atom is 0.306 e. The zero-order valence-electron chi connectivity index (χ0n) is 9.64. The predicted octanol–water partition coefficient (Wildman–Crippen LogP) is 1.39. The minimum atomic E-state index is -0.197. The molecule has 0 aliphatic heterocycles. The van der Waals surface area contributed by atoms with Crippen LogP contribution in [-0.4, -0.2) is 36.7 Å². The van der Waals surface area contributed by atoms with Crippen LogP contribution in [-0.2, 0) is 16.1 Å². The molecule has 16 heavy (non-hydrogen) atoms. The van der Waals surface area contributed by atoms with Crippen molar-refractivity contribution >= 4 is 5.97 Å². The molecule has 4 heteroatoms. The standard InChI is InChI=1S/C12H17NO3/c1-13(8-7-12(15)16-2)9-10-3-5-11(14)6-4-10/h3-6,14H,7-9H2,1-2H3. The zero-order valence-corrected chi connectivity index (χ0v) is 9.64. The number of aromatic hydroxyl groups is 1. The van der Waals surface area contributed by atoms with E-state index in [0.717, 1.165) is 12.1 Å². The van der Waals surface area contributed by atoms with Gasteiger partial charge in [-0.05, 0) is 24.7 Å². The second-order valence-electron chi connectivity index (χ2n) is 3.73. The summed E-state index contributed by atoms with van der Waals surface area (Å²) in [6.07, 6.45) is 0.394. The van der Waals surface area contributed by atoms with E-state index in [0.29, 0.717) is 13.0 Å². The van der Waals surface area contributed by atoms with E-state index in [2.05, 4.69) is 4.74 Å². The Hall–Kier alpha value is -1.55. The summed E-state index contributed by atoms with van der Waals surface area (Å²) in [6.45, 7) is 1.41. The first kappa shape index (κ1) is 12.5. The largest absolute Gasteiger partial charge is 0.508 e. The molecule has 88 valence electrons. The van der Waals surface area contributed by atoms with Crippen molar-refractivity contribution in [2.45, 2.75) is 13.0 Å². The lowest BCUT2D eigenvalue weighted by Gasteiger charge is -2.15. The van der Waals surface area contributed by atoms with E-state index < -0.39 is 0 Å². The third kappa shape index (κ3) is 4.31. The normalized spacial score (nSPS) is 10.4. The van der Waals surface area contributed by atoms with Gasteiger partial charge < -0.3 is 14.7 Å². The maximum absolute atomic E-state index is 10.9. The van der Waals surface area contributed by atoms with Gasteiger partial charge in [0.05, 0.1) is 13.5 Å². The van der Waals surface area contributed by atoms with Crippen LogP contribution in [0.3, 0.4) is 0 Å². The van der Waals surface area contributed by atoms with Crippen molar-refractivity contribution in [2.75, 3.05) is 20.7 Å². The highest BCUT2D eigenvalue weighted by Crippen LogP contribution is 2.11. The molecule has 0 heterocycles. The van der Waals surface area contributed by atoms with Gasteiger partial charge in [0, 0.05) is 13.1 Å². The number of hydrogen-bond acceptors (Lipinski definition) is 4. The number of rotatable bonds is 5. The predicted molar refractivity (Wildman–Crippen MR) is 61.1 cm³/mol. The first-order valence-corrected chi connectivity index (χ1v) is 5.15. The fraction of sp³-hybridized carbons (Fsp3) is 0.417. The summed E-state index contributed by atoms with van der Waals surface area (Å²) in [4.78, 5) is 13.0. The second-order valence-corrected chi connectivity index (χ2v) is 3.73. The molecule has 0 saturated heterocycles. The highest BCUT2D eigenvalue weighted by Gasteiger charge is 2.04. The number of phenols is 1. The molecule has 1 N–H and O–H groups in total. The van der Waals surface area contributed by atoms with Crippen molar-refractivity contribution in [3.05, 3.63) is 29.8 Å². The lowest BCUT2D eigenvalue weighted by molar-refractivity contribution is -0.140. The van der Waals surface area contributed by atoms with E-state index in [-0.39, 0.29) is 11.7 Å². The summed E-state index contributed by atoms with van der Waals surface area (Å²) in [7, 11) is 3.33.